The maximum absolute atomic E-state index is 5.27. The van der Waals surface area contributed by atoms with Gasteiger partial charge in [-0.25, -0.2) is 4.98 Å². The predicted molar refractivity (Wildman–Crippen MR) is 56.0 cm³/mol. The molecule has 0 unspecified atom stereocenters. The summed E-state index contributed by atoms with van der Waals surface area (Å²) in [5.74, 6) is 0. The molecule has 2 heterocycles. The predicted octanol–water partition coefficient (Wildman–Crippen LogP) is 1.10. The number of nitrogens with one attached hydrogen (secondary N) is 1. The van der Waals surface area contributed by atoms with Crippen molar-refractivity contribution in [2.24, 2.45) is 5.73 Å². The van der Waals surface area contributed by atoms with Crippen LogP contribution >= 0.6 is 0 Å². The summed E-state index contributed by atoms with van der Waals surface area (Å²) in [5.41, 5.74) is 6.38. The van der Waals surface area contributed by atoms with Crippen LogP contribution in [0.1, 0.15) is 25.0 Å². The van der Waals surface area contributed by atoms with Crippen molar-refractivity contribution in [1.82, 2.24) is 9.97 Å². The Labute approximate surface area is 84.9 Å². The van der Waals surface area contributed by atoms with Gasteiger partial charge >= 0.3 is 0 Å². The van der Waals surface area contributed by atoms with Gasteiger partial charge in [0.25, 0.3) is 0 Å². The van der Waals surface area contributed by atoms with Gasteiger partial charge in [-0.2, -0.15) is 0 Å². The highest BCUT2D eigenvalue weighted by molar-refractivity contribution is 4.93. The molecule has 4 heteroatoms. The molecule has 0 aliphatic carbocycles. The molecule has 0 radical (unpaired) electrons. The normalized spacial score (nSPS) is 15.8. The number of hydrogen-bond acceptors (Lipinski definition) is 3. The van der Waals surface area contributed by atoms with Crippen molar-refractivity contribution in [3.05, 3.63) is 18.2 Å². The van der Waals surface area contributed by atoms with E-state index in [2.05, 4.69) is 9.97 Å². The lowest BCUT2D eigenvalue weighted by molar-refractivity contribution is 0.0968. The van der Waals surface area contributed by atoms with Crippen molar-refractivity contribution in [3.8, 4) is 0 Å². The van der Waals surface area contributed by atoms with Gasteiger partial charge in [0, 0.05) is 31.5 Å². The number of imidazole rings is 1. The summed E-state index contributed by atoms with van der Waals surface area (Å²) in [5, 5.41) is 0. The van der Waals surface area contributed by atoms with E-state index in [1.807, 2.05) is 0 Å². The molecule has 80 valence electrons. The van der Waals surface area contributed by atoms with Gasteiger partial charge in [0.15, 0.2) is 0 Å². The summed E-state index contributed by atoms with van der Waals surface area (Å²) in [4.78, 5) is 6.78. The third kappa shape index (κ3) is 4.99. The van der Waals surface area contributed by atoms with Gasteiger partial charge in [-0.1, -0.05) is 0 Å². The van der Waals surface area contributed by atoms with E-state index < -0.39 is 0 Å². The zero-order chi connectivity index (χ0) is 10.1. The minimum Gasteiger partial charge on any atom is -0.381 e. The Morgan fingerprint density at radius 1 is 1.36 bits per heavy atom. The Kier molecular flexibility index (Phi) is 6.02. The summed E-state index contributed by atoms with van der Waals surface area (Å²) < 4.78 is 5.07. The number of hydrogen-bond donors (Lipinski definition) is 2. The fraction of sp³-hybridized carbons (Fsp3) is 0.700. The molecule has 0 amide bonds. The van der Waals surface area contributed by atoms with E-state index in [4.69, 9.17) is 10.5 Å². The zero-order valence-electron chi connectivity index (χ0n) is 8.54. The molecule has 2 rings (SSSR count). The zero-order valence-corrected chi connectivity index (χ0v) is 8.54. The number of aromatic nitrogens is 2. The highest BCUT2D eigenvalue weighted by Gasteiger charge is 1.95. The smallest absolute Gasteiger partial charge is 0.0921 e. The summed E-state index contributed by atoms with van der Waals surface area (Å²) in [6.45, 7) is 2.68. The molecule has 1 aliphatic rings. The molecule has 1 fully saturated rings. The largest absolute Gasteiger partial charge is 0.381 e. The van der Waals surface area contributed by atoms with Gasteiger partial charge in [0.05, 0.1) is 6.33 Å². The fourth-order valence-corrected chi connectivity index (χ4v) is 1.26. The van der Waals surface area contributed by atoms with E-state index >= 15 is 0 Å². The van der Waals surface area contributed by atoms with Crippen LogP contribution in [0.3, 0.4) is 0 Å². The van der Waals surface area contributed by atoms with Crippen LogP contribution in [0.25, 0.3) is 0 Å². The van der Waals surface area contributed by atoms with Crippen LogP contribution in [-0.2, 0) is 11.2 Å². The first kappa shape index (κ1) is 11.2. The quantitative estimate of drug-likeness (QED) is 0.746. The van der Waals surface area contributed by atoms with E-state index in [1.165, 1.54) is 19.3 Å². The molecule has 0 aromatic carbocycles. The van der Waals surface area contributed by atoms with E-state index in [1.54, 1.807) is 12.5 Å². The maximum atomic E-state index is 5.27. The van der Waals surface area contributed by atoms with Crippen LogP contribution in [0.15, 0.2) is 12.5 Å². The number of H-pyrrole nitrogens is 1. The third-order valence-electron chi connectivity index (χ3n) is 2.05. The van der Waals surface area contributed by atoms with Gasteiger partial charge < -0.3 is 15.5 Å². The van der Waals surface area contributed by atoms with Crippen LogP contribution in [0.4, 0.5) is 0 Å². The number of aromatic amines is 1. The number of nitrogens with zero attached hydrogens (tertiary/aromatic N) is 1. The van der Waals surface area contributed by atoms with Crippen molar-refractivity contribution < 1.29 is 4.74 Å². The van der Waals surface area contributed by atoms with Crippen molar-refractivity contribution in [3.63, 3.8) is 0 Å². The van der Waals surface area contributed by atoms with Crippen molar-refractivity contribution in [1.29, 1.82) is 0 Å². The SMILES string of the molecule is C1CCOCC1.NCCc1cnc[nH]1. The van der Waals surface area contributed by atoms with E-state index in [0.717, 1.165) is 25.3 Å². The molecule has 3 N–H and O–H groups in total. The second-order valence-electron chi connectivity index (χ2n) is 3.29. The van der Waals surface area contributed by atoms with E-state index in [9.17, 15) is 0 Å². The Bertz CT molecular complexity index is 196. The standard InChI is InChI=1S/C5H9N3.C5H10O/c6-2-1-5-3-7-4-8-5;1-2-4-6-5-3-1/h3-4H,1-2,6H2,(H,7,8);1-5H2. The first-order valence-electron chi connectivity index (χ1n) is 5.18. The molecule has 0 spiro atoms. The van der Waals surface area contributed by atoms with Gasteiger partial charge in [-0.3, -0.25) is 0 Å². The number of ether oxygens (including phenoxy) is 1. The van der Waals surface area contributed by atoms with Crippen molar-refractivity contribution >= 4 is 0 Å². The third-order valence-corrected chi connectivity index (χ3v) is 2.05. The minimum atomic E-state index is 0.683. The Morgan fingerprint density at radius 3 is 2.50 bits per heavy atom. The van der Waals surface area contributed by atoms with Crippen molar-refractivity contribution in [2.45, 2.75) is 25.7 Å². The Hall–Kier alpha value is -0.870. The van der Waals surface area contributed by atoms with Gasteiger partial charge in [-0.05, 0) is 25.8 Å². The molecule has 0 saturated carbocycles. The molecule has 1 aliphatic heterocycles. The average molecular weight is 197 g/mol. The Morgan fingerprint density at radius 2 is 2.14 bits per heavy atom. The number of nitrogens with two attached hydrogens (primary N) is 1. The molecular weight excluding hydrogens is 178 g/mol. The minimum absolute atomic E-state index is 0.683. The molecule has 0 bridgehead atoms. The first-order chi connectivity index (χ1) is 6.93. The lowest BCUT2D eigenvalue weighted by Gasteiger charge is -2.08. The molecule has 1 aromatic heterocycles. The molecule has 0 atom stereocenters. The van der Waals surface area contributed by atoms with Gasteiger partial charge in [-0.15, -0.1) is 0 Å². The summed E-state index contributed by atoms with van der Waals surface area (Å²) in [6.07, 6.45) is 8.26. The molecule has 14 heavy (non-hydrogen) atoms. The van der Waals surface area contributed by atoms with Crippen LogP contribution in [-0.4, -0.2) is 29.7 Å². The topological polar surface area (TPSA) is 63.9 Å². The van der Waals surface area contributed by atoms with E-state index in [-0.39, 0.29) is 0 Å². The molecule has 1 saturated heterocycles. The van der Waals surface area contributed by atoms with Crippen LogP contribution < -0.4 is 5.73 Å². The van der Waals surface area contributed by atoms with Crippen LogP contribution in [0.5, 0.6) is 0 Å². The number of rotatable bonds is 2. The van der Waals surface area contributed by atoms with Crippen LogP contribution in [0, 0.1) is 0 Å². The highest BCUT2D eigenvalue weighted by atomic mass is 16.5. The molecule has 4 nitrogen and oxygen atoms in total. The first-order valence-corrected chi connectivity index (χ1v) is 5.18. The second-order valence-corrected chi connectivity index (χ2v) is 3.29. The molecule has 1 aromatic rings. The lowest BCUT2D eigenvalue weighted by atomic mass is 10.2. The summed E-state index contributed by atoms with van der Waals surface area (Å²) >= 11 is 0. The maximum Gasteiger partial charge on any atom is 0.0921 e. The van der Waals surface area contributed by atoms with E-state index in [0.29, 0.717) is 6.54 Å². The Balaban J connectivity index is 0.000000146. The fourth-order valence-electron chi connectivity index (χ4n) is 1.26. The summed E-state index contributed by atoms with van der Waals surface area (Å²) in [7, 11) is 0. The summed E-state index contributed by atoms with van der Waals surface area (Å²) in [6, 6.07) is 0. The van der Waals surface area contributed by atoms with Crippen LogP contribution in [0.2, 0.25) is 0 Å². The van der Waals surface area contributed by atoms with Gasteiger partial charge in [0.2, 0.25) is 0 Å². The second kappa shape index (κ2) is 7.53. The lowest BCUT2D eigenvalue weighted by Crippen LogP contribution is -2.03. The monoisotopic (exact) mass is 197 g/mol. The average Bonchev–Trinajstić information content (AvgIpc) is 2.75. The van der Waals surface area contributed by atoms with Crippen molar-refractivity contribution in [2.75, 3.05) is 19.8 Å². The highest BCUT2D eigenvalue weighted by Crippen LogP contribution is 2.02. The molecular formula is C10H19N3O. The van der Waals surface area contributed by atoms with Gasteiger partial charge in [0.1, 0.15) is 0 Å².